The molecule has 0 aromatic rings. The van der Waals surface area contributed by atoms with Gasteiger partial charge in [0.2, 0.25) is 11.8 Å². The highest BCUT2D eigenvalue weighted by molar-refractivity contribution is 5.99. The Kier molecular flexibility index (Phi) is 4.00. The van der Waals surface area contributed by atoms with Gasteiger partial charge >= 0.3 is 0 Å². The van der Waals surface area contributed by atoms with Crippen LogP contribution < -0.4 is 0 Å². The summed E-state index contributed by atoms with van der Waals surface area (Å²) in [6, 6.07) is 0. The summed E-state index contributed by atoms with van der Waals surface area (Å²) in [5.41, 5.74) is -0.748. The van der Waals surface area contributed by atoms with Crippen LogP contribution in [0.2, 0.25) is 0 Å². The van der Waals surface area contributed by atoms with E-state index >= 15 is 0 Å². The van der Waals surface area contributed by atoms with Gasteiger partial charge in [-0.2, -0.15) is 0 Å². The van der Waals surface area contributed by atoms with Crippen molar-refractivity contribution in [2.75, 3.05) is 6.61 Å². The number of carbonyl (C=O) groups is 2. The zero-order valence-electron chi connectivity index (χ0n) is 12.1. The van der Waals surface area contributed by atoms with E-state index in [-0.39, 0.29) is 23.8 Å². The molecule has 2 rings (SSSR count). The van der Waals surface area contributed by atoms with Gasteiger partial charge in [0, 0.05) is 12.8 Å². The monoisotopic (exact) mass is 267 g/mol. The van der Waals surface area contributed by atoms with Crippen molar-refractivity contribution < 1.29 is 14.7 Å². The second kappa shape index (κ2) is 5.23. The number of hydrogen-bond donors (Lipinski definition) is 1. The van der Waals surface area contributed by atoms with Crippen LogP contribution in [0.15, 0.2) is 0 Å². The van der Waals surface area contributed by atoms with Gasteiger partial charge in [-0.25, -0.2) is 0 Å². The van der Waals surface area contributed by atoms with E-state index in [0.29, 0.717) is 25.7 Å². The number of hydrogen-bond acceptors (Lipinski definition) is 3. The average Bonchev–Trinajstić information content (AvgIpc) is 2.82. The lowest BCUT2D eigenvalue weighted by molar-refractivity contribution is -0.164. The summed E-state index contributed by atoms with van der Waals surface area (Å²) >= 11 is 0. The third kappa shape index (κ3) is 2.31. The first-order chi connectivity index (χ1) is 9.02. The molecule has 1 aliphatic heterocycles. The second-order valence-corrected chi connectivity index (χ2v) is 6.27. The van der Waals surface area contributed by atoms with Crippen molar-refractivity contribution in [3.05, 3.63) is 0 Å². The molecule has 1 aliphatic carbocycles. The Labute approximate surface area is 115 Å². The fourth-order valence-corrected chi connectivity index (χ4v) is 3.87. The molecule has 1 spiro atoms. The van der Waals surface area contributed by atoms with E-state index in [9.17, 15) is 14.7 Å². The number of amides is 2. The molecule has 0 unspecified atom stereocenters. The maximum absolute atomic E-state index is 12.5. The van der Waals surface area contributed by atoms with Gasteiger partial charge in [0.15, 0.2) is 0 Å². The second-order valence-electron chi connectivity index (χ2n) is 6.27. The Bertz CT molecular complexity index is 339. The Morgan fingerprint density at radius 1 is 1.11 bits per heavy atom. The Hall–Kier alpha value is -0.900. The number of carbonyl (C=O) groups excluding carboxylic acids is 2. The fourth-order valence-electron chi connectivity index (χ4n) is 3.87. The van der Waals surface area contributed by atoms with Gasteiger partial charge in [0.25, 0.3) is 0 Å². The quantitative estimate of drug-likeness (QED) is 0.795. The molecule has 1 heterocycles. The fraction of sp³-hybridized carbons (Fsp3) is 0.867. The smallest absolute Gasteiger partial charge is 0.230 e. The topological polar surface area (TPSA) is 57.6 Å². The molecule has 1 N–H and O–H groups in total. The van der Waals surface area contributed by atoms with E-state index in [0.717, 1.165) is 25.7 Å². The molecular formula is C15H25NO3. The number of likely N-dealkylation sites (tertiary alicyclic amines) is 1. The first-order valence-electron chi connectivity index (χ1n) is 7.49. The predicted molar refractivity (Wildman–Crippen MR) is 72.4 cm³/mol. The van der Waals surface area contributed by atoms with E-state index in [2.05, 4.69) is 0 Å². The van der Waals surface area contributed by atoms with Crippen molar-refractivity contribution in [3.8, 4) is 0 Å². The van der Waals surface area contributed by atoms with Crippen molar-refractivity contribution >= 4 is 11.8 Å². The summed E-state index contributed by atoms with van der Waals surface area (Å²) in [6.45, 7) is 3.73. The van der Waals surface area contributed by atoms with Gasteiger partial charge in [-0.05, 0) is 31.1 Å². The molecule has 19 heavy (non-hydrogen) atoms. The Morgan fingerprint density at radius 2 is 1.58 bits per heavy atom. The minimum absolute atomic E-state index is 0.0622. The molecule has 0 aromatic carbocycles. The molecule has 1 saturated heterocycles. The largest absolute Gasteiger partial charge is 0.394 e. The molecule has 0 radical (unpaired) electrons. The van der Waals surface area contributed by atoms with Crippen molar-refractivity contribution in [2.45, 2.75) is 70.8 Å². The summed E-state index contributed by atoms with van der Waals surface area (Å²) in [7, 11) is 0. The highest BCUT2D eigenvalue weighted by atomic mass is 16.3. The lowest BCUT2D eigenvalue weighted by atomic mass is 9.74. The molecule has 4 heteroatoms. The number of nitrogens with zero attached hydrogens (tertiary/aromatic N) is 1. The molecule has 0 bridgehead atoms. The van der Waals surface area contributed by atoms with Crippen molar-refractivity contribution in [3.63, 3.8) is 0 Å². The van der Waals surface area contributed by atoms with Gasteiger partial charge in [0.1, 0.15) is 0 Å². The van der Waals surface area contributed by atoms with Crippen LogP contribution in [0, 0.1) is 5.41 Å². The highest BCUT2D eigenvalue weighted by Crippen LogP contribution is 2.48. The van der Waals surface area contributed by atoms with Crippen molar-refractivity contribution in [2.24, 2.45) is 5.41 Å². The normalized spacial score (nSPS) is 23.4. The minimum Gasteiger partial charge on any atom is -0.394 e. The van der Waals surface area contributed by atoms with E-state index < -0.39 is 5.54 Å². The highest BCUT2D eigenvalue weighted by Gasteiger charge is 2.50. The van der Waals surface area contributed by atoms with Crippen LogP contribution in [0.4, 0.5) is 0 Å². The van der Waals surface area contributed by atoms with E-state index in [4.69, 9.17) is 0 Å². The predicted octanol–water partition coefficient (Wildman–Crippen LogP) is 2.25. The van der Waals surface area contributed by atoms with Crippen LogP contribution in [0.3, 0.4) is 0 Å². The van der Waals surface area contributed by atoms with E-state index in [1.54, 1.807) is 0 Å². The van der Waals surface area contributed by atoms with Gasteiger partial charge in [0.05, 0.1) is 12.1 Å². The lowest BCUT2D eigenvalue weighted by Gasteiger charge is -2.46. The van der Waals surface area contributed by atoms with Crippen LogP contribution in [0.5, 0.6) is 0 Å². The average molecular weight is 267 g/mol. The number of rotatable bonds is 4. The lowest BCUT2D eigenvalue weighted by Crippen LogP contribution is -2.60. The molecule has 0 atom stereocenters. The Morgan fingerprint density at radius 3 is 1.95 bits per heavy atom. The summed E-state index contributed by atoms with van der Waals surface area (Å²) in [4.78, 5) is 26.4. The molecule has 2 amide bonds. The first kappa shape index (κ1) is 14.5. The number of aliphatic hydroxyl groups is 1. The minimum atomic E-state index is -0.686. The zero-order chi connectivity index (χ0) is 14.1. The molecule has 108 valence electrons. The van der Waals surface area contributed by atoms with Crippen LogP contribution >= 0.6 is 0 Å². The summed E-state index contributed by atoms with van der Waals surface area (Å²) < 4.78 is 0. The molecule has 4 nitrogen and oxygen atoms in total. The third-order valence-corrected chi connectivity index (χ3v) is 5.30. The number of aliphatic hydroxyl groups excluding tert-OH is 1. The summed E-state index contributed by atoms with van der Waals surface area (Å²) in [5, 5.41) is 9.68. The maximum Gasteiger partial charge on any atom is 0.230 e. The molecule has 2 fully saturated rings. The molecule has 0 aromatic heterocycles. The van der Waals surface area contributed by atoms with E-state index in [1.807, 2.05) is 13.8 Å². The Balaban J connectivity index is 2.24. The van der Waals surface area contributed by atoms with Crippen LogP contribution in [0.25, 0.3) is 0 Å². The first-order valence-corrected chi connectivity index (χ1v) is 7.49. The summed E-state index contributed by atoms with van der Waals surface area (Å²) in [6.07, 6.45) is 6.47. The van der Waals surface area contributed by atoms with Gasteiger partial charge in [-0.15, -0.1) is 0 Å². The van der Waals surface area contributed by atoms with Gasteiger partial charge in [-0.3, -0.25) is 14.5 Å². The third-order valence-electron chi connectivity index (χ3n) is 5.30. The molecular weight excluding hydrogens is 242 g/mol. The van der Waals surface area contributed by atoms with Gasteiger partial charge < -0.3 is 5.11 Å². The van der Waals surface area contributed by atoms with Crippen molar-refractivity contribution in [1.82, 2.24) is 4.90 Å². The van der Waals surface area contributed by atoms with Gasteiger partial charge in [-0.1, -0.05) is 26.7 Å². The van der Waals surface area contributed by atoms with Crippen LogP contribution in [-0.2, 0) is 9.59 Å². The maximum atomic E-state index is 12.5. The van der Waals surface area contributed by atoms with Crippen LogP contribution in [-0.4, -0.2) is 34.0 Å². The van der Waals surface area contributed by atoms with Crippen LogP contribution in [0.1, 0.15) is 65.2 Å². The SMILES string of the molecule is CCC(CC)(CO)N1C(=O)CC2(CCCC2)CC1=O. The standard InChI is InChI=1S/C15H25NO3/c1-3-15(4-2,11-17)16-12(18)9-14(10-13(16)19)7-5-6-8-14/h17H,3-11H2,1-2H3. The van der Waals surface area contributed by atoms with Crippen molar-refractivity contribution in [1.29, 1.82) is 0 Å². The summed E-state index contributed by atoms with van der Waals surface area (Å²) in [5.74, 6) is -0.146. The molecule has 2 aliphatic rings. The molecule has 1 saturated carbocycles. The zero-order valence-corrected chi connectivity index (χ0v) is 12.1. The number of imide groups is 1. The van der Waals surface area contributed by atoms with E-state index in [1.165, 1.54) is 4.90 Å². The number of piperidine rings is 1.